The lowest BCUT2D eigenvalue weighted by Crippen LogP contribution is -2.25. The summed E-state index contributed by atoms with van der Waals surface area (Å²) in [6, 6.07) is 23.3. The molecule has 0 atom stereocenters. The summed E-state index contributed by atoms with van der Waals surface area (Å²) in [4.78, 5) is 12.3. The van der Waals surface area contributed by atoms with Crippen molar-refractivity contribution in [1.82, 2.24) is 5.32 Å². The minimum atomic E-state index is -0.0558. The van der Waals surface area contributed by atoms with Gasteiger partial charge in [0.05, 0.1) is 0 Å². The molecule has 3 rings (SSSR count). The van der Waals surface area contributed by atoms with Crippen LogP contribution in [0, 0.1) is 0 Å². The van der Waals surface area contributed by atoms with E-state index in [9.17, 15) is 4.79 Å². The number of thioether (sulfide) groups is 1. The Kier molecular flexibility index (Phi) is 7.22. The monoisotopic (exact) mass is 415 g/mol. The van der Waals surface area contributed by atoms with E-state index in [1.807, 2.05) is 54.6 Å². The van der Waals surface area contributed by atoms with Crippen LogP contribution in [0.15, 0.2) is 72.8 Å². The Morgan fingerprint density at radius 1 is 0.889 bits per heavy atom. The van der Waals surface area contributed by atoms with Crippen molar-refractivity contribution in [3.8, 4) is 11.1 Å². The van der Waals surface area contributed by atoms with Crippen LogP contribution in [0.2, 0.25) is 10.0 Å². The van der Waals surface area contributed by atoms with Crippen molar-refractivity contribution in [3.05, 3.63) is 94.0 Å². The molecule has 0 fully saturated rings. The molecule has 0 radical (unpaired) electrons. The summed E-state index contributed by atoms with van der Waals surface area (Å²) < 4.78 is 0. The van der Waals surface area contributed by atoms with Crippen LogP contribution in [-0.2, 0) is 5.75 Å². The minimum Gasteiger partial charge on any atom is -0.351 e. The lowest BCUT2D eigenvalue weighted by Gasteiger charge is -2.08. The largest absolute Gasteiger partial charge is 0.351 e. The number of hydrogen-bond donors (Lipinski definition) is 1. The molecule has 0 aliphatic carbocycles. The number of carbonyl (C=O) groups excluding carboxylic acids is 1. The highest BCUT2D eigenvalue weighted by Crippen LogP contribution is 2.24. The molecule has 2 nitrogen and oxygen atoms in total. The Labute approximate surface area is 173 Å². The van der Waals surface area contributed by atoms with E-state index in [0.717, 1.165) is 28.2 Å². The first-order valence-corrected chi connectivity index (χ1v) is 10.5. The summed E-state index contributed by atoms with van der Waals surface area (Å²) in [5, 5.41) is 4.27. The van der Waals surface area contributed by atoms with Crippen LogP contribution >= 0.6 is 35.0 Å². The molecule has 0 aromatic heterocycles. The SMILES string of the molecule is O=C(NCCSCc1ccc(Cl)cc1Cl)c1ccc(-c2ccccc2)cc1. The molecule has 1 amide bonds. The molecular weight excluding hydrogens is 397 g/mol. The highest BCUT2D eigenvalue weighted by atomic mass is 35.5. The van der Waals surface area contributed by atoms with E-state index >= 15 is 0 Å². The molecule has 0 aliphatic heterocycles. The normalized spacial score (nSPS) is 10.6. The number of hydrogen-bond acceptors (Lipinski definition) is 2. The van der Waals surface area contributed by atoms with Crippen molar-refractivity contribution in [1.29, 1.82) is 0 Å². The van der Waals surface area contributed by atoms with E-state index in [4.69, 9.17) is 23.2 Å². The van der Waals surface area contributed by atoms with Crippen molar-refractivity contribution in [2.75, 3.05) is 12.3 Å². The molecule has 5 heteroatoms. The summed E-state index contributed by atoms with van der Waals surface area (Å²) in [5.74, 6) is 1.55. The smallest absolute Gasteiger partial charge is 0.251 e. The number of halogens is 2. The highest BCUT2D eigenvalue weighted by molar-refractivity contribution is 7.98. The number of carbonyl (C=O) groups is 1. The minimum absolute atomic E-state index is 0.0558. The number of amides is 1. The summed E-state index contributed by atoms with van der Waals surface area (Å²) >= 11 is 13.8. The van der Waals surface area contributed by atoms with Gasteiger partial charge >= 0.3 is 0 Å². The van der Waals surface area contributed by atoms with Crippen molar-refractivity contribution in [3.63, 3.8) is 0 Å². The third-order valence-corrected chi connectivity index (χ3v) is 5.65. The average Bonchev–Trinajstić information content (AvgIpc) is 2.70. The second-order valence-corrected chi connectivity index (χ2v) is 7.94. The zero-order valence-corrected chi connectivity index (χ0v) is 17.0. The van der Waals surface area contributed by atoms with Gasteiger partial charge in [0.2, 0.25) is 0 Å². The number of nitrogens with one attached hydrogen (secondary N) is 1. The lowest BCUT2D eigenvalue weighted by atomic mass is 10.0. The van der Waals surface area contributed by atoms with E-state index < -0.39 is 0 Å². The molecular formula is C22H19Cl2NOS. The Hall–Kier alpha value is -1.94. The van der Waals surface area contributed by atoms with Gasteiger partial charge in [-0.3, -0.25) is 4.79 Å². The fourth-order valence-corrected chi connectivity index (χ4v) is 4.02. The third-order valence-electron chi connectivity index (χ3n) is 4.06. The van der Waals surface area contributed by atoms with E-state index in [1.54, 1.807) is 17.8 Å². The summed E-state index contributed by atoms with van der Waals surface area (Å²) in [5.41, 5.74) is 3.96. The third kappa shape index (κ3) is 5.77. The molecule has 0 unspecified atom stereocenters. The van der Waals surface area contributed by atoms with Gasteiger partial charge in [-0.15, -0.1) is 0 Å². The van der Waals surface area contributed by atoms with E-state index in [2.05, 4.69) is 17.4 Å². The fraction of sp³-hybridized carbons (Fsp3) is 0.136. The molecule has 0 bridgehead atoms. The zero-order valence-electron chi connectivity index (χ0n) is 14.6. The molecule has 138 valence electrons. The van der Waals surface area contributed by atoms with Crippen molar-refractivity contribution >= 4 is 40.9 Å². The lowest BCUT2D eigenvalue weighted by molar-refractivity contribution is 0.0956. The number of benzene rings is 3. The van der Waals surface area contributed by atoms with Crippen LogP contribution in [0.25, 0.3) is 11.1 Å². The fourth-order valence-electron chi connectivity index (χ4n) is 2.60. The van der Waals surface area contributed by atoms with Crippen LogP contribution in [0.3, 0.4) is 0 Å². The van der Waals surface area contributed by atoms with Gasteiger partial charge in [0.15, 0.2) is 0 Å². The predicted molar refractivity (Wildman–Crippen MR) is 117 cm³/mol. The van der Waals surface area contributed by atoms with Gasteiger partial charge in [-0.1, -0.05) is 71.7 Å². The topological polar surface area (TPSA) is 29.1 Å². The Morgan fingerprint density at radius 3 is 2.30 bits per heavy atom. The van der Waals surface area contributed by atoms with Gasteiger partial charge in [0.1, 0.15) is 0 Å². The molecule has 27 heavy (non-hydrogen) atoms. The van der Waals surface area contributed by atoms with Gasteiger partial charge in [-0.2, -0.15) is 11.8 Å². The Morgan fingerprint density at radius 2 is 1.59 bits per heavy atom. The quantitative estimate of drug-likeness (QED) is 0.457. The van der Waals surface area contributed by atoms with Crippen LogP contribution < -0.4 is 5.32 Å². The van der Waals surface area contributed by atoms with Crippen molar-refractivity contribution in [2.24, 2.45) is 0 Å². The molecule has 0 saturated heterocycles. The molecule has 0 spiro atoms. The van der Waals surface area contributed by atoms with Crippen molar-refractivity contribution < 1.29 is 4.79 Å². The molecule has 3 aromatic carbocycles. The maximum Gasteiger partial charge on any atom is 0.251 e. The van der Waals surface area contributed by atoms with Gasteiger partial charge < -0.3 is 5.32 Å². The van der Waals surface area contributed by atoms with Gasteiger partial charge in [0.25, 0.3) is 5.91 Å². The second kappa shape index (κ2) is 9.84. The zero-order chi connectivity index (χ0) is 19.1. The maximum absolute atomic E-state index is 12.3. The number of rotatable bonds is 7. The first kappa shape index (κ1) is 19.8. The average molecular weight is 416 g/mol. The predicted octanol–water partition coefficient (Wildman–Crippen LogP) is 6.32. The Balaban J connectivity index is 1.44. The molecule has 0 saturated carbocycles. The molecule has 3 aromatic rings. The van der Waals surface area contributed by atoms with E-state index in [1.165, 1.54) is 0 Å². The van der Waals surface area contributed by atoms with Gasteiger partial charge in [-0.05, 0) is 41.0 Å². The first-order valence-electron chi connectivity index (χ1n) is 8.59. The summed E-state index contributed by atoms with van der Waals surface area (Å²) in [6.45, 7) is 0.606. The first-order chi connectivity index (χ1) is 13.1. The Bertz CT molecular complexity index is 898. The van der Waals surface area contributed by atoms with Crippen molar-refractivity contribution in [2.45, 2.75) is 5.75 Å². The maximum atomic E-state index is 12.3. The molecule has 0 aliphatic rings. The standard InChI is InChI=1S/C22H19Cl2NOS/c23-20-11-10-19(21(24)14-20)15-27-13-12-25-22(26)18-8-6-17(7-9-18)16-4-2-1-3-5-16/h1-11,14H,12-13,15H2,(H,25,26). The van der Waals surface area contributed by atoms with E-state index in [0.29, 0.717) is 22.2 Å². The second-order valence-electron chi connectivity index (χ2n) is 5.99. The highest BCUT2D eigenvalue weighted by Gasteiger charge is 2.06. The van der Waals surface area contributed by atoms with Crippen LogP contribution in [-0.4, -0.2) is 18.2 Å². The molecule has 1 N–H and O–H groups in total. The summed E-state index contributed by atoms with van der Waals surface area (Å²) in [6.07, 6.45) is 0. The van der Waals surface area contributed by atoms with Crippen LogP contribution in [0.1, 0.15) is 15.9 Å². The van der Waals surface area contributed by atoms with E-state index in [-0.39, 0.29) is 5.91 Å². The van der Waals surface area contributed by atoms with Gasteiger partial charge in [-0.25, -0.2) is 0 Å². The van der Waals surface area contributed by atoms with Crippen LogP contribution in [0.4, 0.5) is 0 Å². The molecule has 0 heterocycles. The summed E-state index contributed by atoms with van der Waals surface area (Å²) in [7, 11) is 0. The van der Waals surface area contributed by atoms with Gasteiger partial charge in [0, 0.05) is 33.7 Å². The van der Waals surface area contributed by atoms with Crippen LogP contribution in [0.5, 0.6) is 0 Å².